The lowest BCUT2D eigenvalue weighted by atomic mass is 9.90. The number of phenolic OH excluding ortho intramolecular Hbond substituents is 1. The molecule has 0 saturated carbocycles. The highest BCUT2D eigenvalue weighted by Gasteiger charge is 2.39. The summed E-state index contributed by atoms with van der Waals surface area (Å²) in [6, 6.07) is 30.6. The molecule has 0 radical (unpaired) electrons. The van der Waals surface area contributed by atoms with Crippen molar-refractivity contribution >= 4 is 6.03 Å². The highest BCUT2D eigenvalue weighted by Crippen LogP contribution is 2.42. The molecule has 0 aliphatic carbocycles. The quantitative estimate of drug-likeness (QED) is 0.132. The van der Waals surface area contributed by atoms with E-state index in [1.807, 2.05) is 85.6 Å². The number of benzene rings is 4. The molecule has 0 aromatic heterocycles. The minimum Gasteiger partial charge on any atom is -0.508 e. The van der Waals surface area contributed by atoms with Gasteiger partial charge < -0.3 is 40.3 Å². The average Bonchev–Trinajstić information content (AvgIpc) is 3.08. The Kier molecular flexibility index (Phi) is 11.6. The average molecular weight is 640 g/mol. The van der Waals surface area contributed by atoms with E-state index >= 15 is 0 Å². The second kappa shape index (κ2) is 16.0. The number of rotatable bonds is 12. The van der Waals surface area contributed by atoms with E-state index in [0.717, 1.165) is 33.4 Å². The van der Waals surface area contributed by atoms with Crippen molar-refractivity contribution in [1.82, 2.24) is 15.5 Å². The summed E-state index contributed by atoms with van der Waals surface area (Å²) in [7, 11) is 1.95. The van der Waals surface area contributed by atoms with Gasteiger partial charge in [-0.25, -0.2) is 4.79 Å². The van der Waals surface area contributed by atoms with Crippen LogP contribution >= 0.6 is 0 Å². The van der Waals surface area contributed by atoms with Crippen LogP contribution in [0.4, 0.5) is 4.79 Å². The van der Waals surface area contributed by atoms with Gasteiger partial charge in [0.2, 0.25) is 0 Å². The first kappa shape index (κ1) is 34.1. The molecular formula is C38H45N3O6. The van der Waals surface area contributed by atoms with E-state index in [4.69, 9.17) is 9.47 Å². The minimum atomic E-state index is -0.768. The summed E-state index contributed by atoms with van der Waals surface area (Å²) in [5, 5.41) is 35.9. The maximum absolute atomic E-state index is 11.8. The fraction of sp³-hybridized carbons (Fsp3) is 0.342. The van der Waals surface area contributed by atoms with Gasteiger partial charge in [0.15, 0.2) is 6.29 Å². The number of nitrogens with one attached hydrogen (secondary N) is 2. The second-order valence-corrected chi connectivity index (χ2v) is 12.2. The summed E-state index contributed by atoms with van der Waals surface area (Å²) in [5.41, 5.74) is 6.46. The van der Waals surface area contributed by atoms with Crippen LogP contribution in [-0.4, -0.2) is 59.0 Å². The molecule has 5 rings (SSSR count). The SMILES string of the molecule is CCNC(=O)NCc1cccc(-c2ccc([C@@H]3O[C@H](CN(C)C[C@@H](O)c4cccc(O)c4)[C@H](C)[C@H](c4ccc(CO)cc4)O3)cc2)c1. The highest BCUT2D eigenvalue weighted by molar-refractivity contribution is 5.74. The van der Waals surface area contributed by atoms with Gasteiger partial charge in [-0.2, -0.15) is 0 Å². The number of aliphatic hydroxyl groups is 2. The van der Waals surface area contributed by atoms with Crippen molar-refractivity contribution in [1.29, 1.82) is 0 Å². The van der Waals surface area contributed by atoms with Crippen molar-refractivity contribution in [2.75, 3.05) is 26.7 Å². The minimum absolute atomic E-state index is 0.0124. The van der Waals surface area contributed by atoms with Crippen molar-refractivity contribution in [3.63, 3.8) is 0 Å². The molecule has 9 nitrogen and oxygen atoms in total. The highest BCUT2D eigenvalue weighted by atomic mass is 16.7. The van der Waals surface area contributed by atoms with E-state index in [2.05, 4.69) is 23.6 Å². The number of nitrogens with zero attached hydrogens (tertiary/aromatic N) is 1. The number of ether oxygens (including phenoxy) is 2. The topological polar surface area (TPSA) is 124 Å². The molecule has 0 unspecified atom stereocenters. The van der Waals surface area contributed by atoms with Gasteiger partial charge in [-0.1, -0.05) is 85.8 Å². The van der Waals surface area contributed by atoms with Crippen LogP contribution in [0, 0.1) is 5.92 Å². The van der Waals surface area contributed by atoms with Crippen LogP contribution in [0.5, 0.6) is 5.75 Å². The number of amides is 2. The number of carbonyl (C=O) groups excluding carboxylic acids is 1. The first-order chi connectivity index (χ1) is 22.7. The third-order valence-electron chi connectivity index (χ3n) is 8.59. The Bertz CT molecular complexity index is 1600. The van der Waals surface area contributed by atoms with Crippen LogP contribution in [0.15, 0.2) is 97.1 Å². The predicted molar refractivity (Wildman–Crippen MR) is 181 cm³/mol. The van der Waals surface area contributed by atoms with Gasteiger partial charge in [0.25, 0.3) is 0 Å². The van der Waals surface area contributed by atoms with Gasteiger partial charge in [0.05, 0.1) is 24.9 Å². The summed E-state index contributed by atoms with van der Waals surface area (Å²) in [5.74, 6) is 0.109. The Morgan fingerprint density at radius 2 is 1.60 bits per heavy atom. The summed E-state index contributed by atoms with van der Waals surface area (Å²) < 4.78 is 13.3. The lowest BCUT2D eigenvalue weighted by Gasteiger charge is -2.42. The molecule has 5 atom stereocenters. The van der Waals surface area contributed by atoms with Gasteiger partial charge in [-0.3, -0.25) is 0 Å². The predicted octanol–water partition coefficient (Wildman–Crippen LogP) is 5.83. The first-order valence-corrected chi connectivity index (χ1v) is 16.1. The maximum Gasteiger partial charge on any atom is 0.315 e. The van der Waals surface area contributed by atoms with E-state index in [1.54, 1.807) is 24.3 Å². The molecule has 1 aliphatic rings. The zero-order chi connectivity index (χ0) is 33.3. The van der Waals surface area contributed by atoms with Crippen LogP contribution in [0.3, 0.4) is 0 Å². The standard InChI is InChI=1S/C38H45N3O6/c1-4-39-38(45)40-21-27-7-5-8-31(19-27)28-15-17-30(18-16-28)37-46-35(23-41(3)22-34(44)32-9-6-10-33(43)20-32)25(2)36(47-37)29-13-11-26(24-42)12-14-29/h5-20,25,34-37,42-44H,4,21-24H2,1-3H3,(H2,39,40,45)/t25-,34+,35+,36+,37+/m0/s1. The molecule has 1 heterocycles. The fourth-order valence-electron chi connectivity index (χ4n) is 5.94. The zero-order valence-electron chi connectivity index (χ0n) is 27.2. The third-order valence-corrected chi connectivity index (χ3v) is 8.59. The number of hydrogen-bond acceptors (Lipinski definition) is 7. The molecule has 4 aromatic rings. The molecule has 2 amide bonds. The lowest BCUT2D eigenvalue weighted by Crippen LogP contribution is -2.44. The largest absolute Gasteiger partial charge is 0.508 e. The summed E-state index contributed by atoms with van der Waals surface area (Å²) in [6.45, 7) is 5.89. The van der Waals surface area contributed by atoms with Gasteiger partial charge in [0, 0.05) is 37.7 Å². The second-order valence-electron chi connectivity index (χ2n) is 12.2. The Labute approximate surface area is 276 Å². The number of likely N-dealkylation sites (N-methyl/N-ethyl adjacent to an activating group) is 1. The van der Waals surface area contributed by atoms with Crippen molar-refractivity contribution in [2.24, 2.45) is 5.92 Å². The van der Waals surface area contributed by atoms with E-state index in [-0.39, 0.29) is 36.5 Å². The molecular weight excluding hydrogens is 594 g/mol. The number of aromatic hydroxyl groups is 1. The van der Waals surface area contributed by atoms with Crippen molar-refractivity contribution in [3.8, 4) is 16.9 Å². The lowest BCUT2D eigenvalue weighted by molar-refractivity contribution is -0.276. The normalized spacial score (nSPS) is 20.1. The Hall–Kier alpha value is -4.25. The van der Waals surface area contributed by atoms with Gasteiger partial charge in [-0.05, 0) is 65.6 Å². The number of urea groups is 1. The third kappa shape index (κ3) is 8.97. The number of phenols is 1. The van der Waals surface area contributed by atoms with E-state index < -0.39 is 12.4 Å². The monoisotopic (exact) mass is 639 g/mol. The molecule has 0 spiro atoms. The number of hydrogen-bond donors (Lipinski definition) is 5. The fourth-order valence-corrected chi connectivity index (χ4v) is 5.94. The van der Waals surface area contributed by atoms with E-state index in [1.165, 1.54) is 0 Å². The van der Waals surface area contributed by atoms with Crippen LogP contribution in [0.1, 0.15) is 60.2 Å². The Morgan fingerprint density at radius 3 is 2.30 bits per heavy atom. The van der Waals surface area contributed by atoms with Gasteiger partial charge in [-0.15, -0.1) is 0 Å². The van der Waals surface area contributed by atoms with Crippen molar-refractivity contribution in [2.45, 2.75) is 51.6 Å². The smallest absolute Gasteiger partial charge is 0.315 e. The molecule has 9 heteroatoms. The maximum atomic E-state index is 11.8. The first-order valence-electron chi connectivity index (χ1n) is 16.1. The Morgan fingerprint density at radius 1 is 0.872 bits per heavy atom. The Balaban J connectivity index is 1.33. The number of aliphatic hydroxyl groups excluding tert-OH is 2. The van der Waals surface area contributed by atoms with Crippen LogP contribution in [-0.2, 0) is 22.6 Å². The summed E-state index contributed by atoms with van der Waals surface area (Å²) in [6.07, 6.45) is -1.86. The molecule has 1 saturated heterocycles. The summed E-state index contributed by atoms with van der Waals surface area (Å²) >= 11 is 0. The zero-order valence-corrected chi connectivity index (χ0v) is 27.2. The molecule has 248 valence electrons. The molecule has 47 heavy (non-hydrogen) atoms. The van der Waals surface area contributed by atoms with Crippen LogP contribution < -0.4 is 10.6 Å². The molecule has 1 fully saturated rings. The molecule has 1 aliphatic heterocycles. The van der Waals surface area contributed by atoms with Crippen LogP contribution in [0.25, 0.3) is 11.1 Å². The summed E-state index contributed by atoms with van der Waals surface area (Å²) in [4.78, 5) is 13.9. The van der Waals surface area contributed by atoms with E-state index in [9.17, 15) is 20.1 Å². The molecule has 5 N–H and O–H groups in total. The molecule has 4 aromatic carbocycles. The molecule has 0 bridgehead atoms. The van der Waals surface area contributed by atoms with Gasteiger partial charge in [0.1, 0.15) is 5.75 Å². The van der Waals surface area contributed by atoms with Crippen LogP contribution in [0.2, 0.25) is 0 Å². The van der Waals surface area contributed by atoms with Crippen molar-refractivity contribution < 1.29 is 29.6 Å². The number of carbonyl (C=O) groups is 1. The van der Waals surface area contributed by atoms with E-state index in [0.29, 0.717) is 31.7 Å². The van der Waals surface area contributed by atoms with Gasteiger partial charge >= 0.3 is 6.03 Å². The van der Waals surface area contributed by atoms with Crippen molar-refractivity contribution in [3.05, 3.63) is 125 Å².